The number of carboxylic acids is 1. The summed E-state index contributed by atoms with van der Waals surface area (Å²) in [4.78, 5) is 38.4. The topological polar surface area (TPSA) is 92.7 Å². The molecule has 28 heavy (non-hydrogen) atoms. The van der Waals surface area contributed by atoms with E-state index in [1.54, 1.807) is 13.8 Å². The molecule has 1 fully saturated rings. The quantitative estimate of drug-likeness (QED) is 0.711. The highest BCUT2D eigenvalue weighted by atomic mass is 32.1. The number of fused-ring (bicyclic) bond motifs is 1. The third kappa shape index (κ3) is 4.40. The molecule has 1 aromatic rings. The van der Waals surface area contributed by atoms with Crippen LogP contribution in [0.5, 0.6) is 0 Å². The smallest absolute Gasteiger partial charge is 0.341 e. The van der Waals surface area contributed by atoms with Crippen LogP contribution in [0, 0.1) is 17.8 Å². The van der Waals surface area contributed by atoms with Gasteiger partial charge >= 0.3 is 11.9 Å². The Kier molecular flexibility index (Phi) is 6.43. The molecule has 1 aromatic heterocycles. The Hall–Kier alpha value is -1.89. The van der Waals surface area contributed by atoms with E-state index in [0.29, 0.717) is 29.3 Å². The molecule has 0 bridgehead atoms. The van der Waals surface area contributed by atoms with Crippen LogP contribution in [0.25, 0.3) is 0 Å². The summed E-state index contributed by atoms with van der Waals surface area (Å²) in [6.07, 6.45) is 5.21. The van der Waals surface area contributed by atoms with E-state index in [2.05, 4.69) is 12.2 Å². The zero-order chi connectivity index (χ0) is 20.4. The van der Waals surface area contributed by atoms with Crippen LogP contribution in [0.2, 0.25) is 0 Å². The maximum absolute atomic E-state index is 12.9. The second kappa shape index (κ2) is 8.64. The van der Waals surface area contributed by atoms with Crippen LogP contribution in [0.15, 0.2) is 0 Å². The van der Waals surface area contributed by atoms with Crippen molar-refractivity contribution in [1.29, 1.82) is 0 Å². The molecule has 2 aliphatic carbocycles. The number of thiophene rings is 1. The summed E-state index contributed by atoms with van der Waals surface area (Å²) in [5.74, 6) is -2.29. The fraction of sp³-hybridized carbons (Fsp3) is 0.667. The summed E-state index contributed by atoms with van der Waals surface area (Å²) >= 11 is 1.44. The number of aliphatic carboxylic acids is 1. The number of carbonyl (C=O) groups excluding carboxylic acids is 2. The predicted octanol–water partition coefficient (Wildman–Crippen LogP) is 4.27. The third-order valence-corrected chi connectivity index (χ3v) is 6.88. The van der Waals surface area contributed by atoms with Gasteiger partial charge in [-0.3, -0.25) is 9.59 Å². The van der Waals surface area contributed by atoms with Crippen molar-refractivity contribution in [2.75, 3.05) is 5.32 Å². The SMILES string of the molecule is CC(C)OC(=O)c1c(NC(=O)[C@H]2CCCC[C@H]2C(=O)O)sc2c1CC[C@@H](C)C2. The largest absolute Gasteiger partial charge is 0.481 e. The minimum Gasteiger partial charge on any atom is -0.481 e. The summed E-state index contributed by atoms with van der Waals surface area (Å²) in [5, 5.41) is 12.9. The molecular weight excluding hydrogens is 378 g/mol. The second-order valence-corrected chi connectivity index (χ2v) is 9.44. The Bertz CT molecular complexity index is 769. The molecule has 1 heterocycles. The van der Waals surface area contributed by atoms with Gasteiger partial charge in [0.05, 0.1) is 23.5 Å². The highest BCUT2D eigenvalue weighted by Crippen LogP contribution is 2.41. The molecule has 0 saturated heterocycles. The zero-order valence-electron chi connectivity index (χ0n) is 16.7. The van der Waals surface area contributed by atoms with E-state index in [-0.39, 0.29) is 12.0 Å². The first-order chi connectivity index (χ1) is 13.3. The minimum absolute atomic E-state index is 0.246. The molecule has 0 aliphatic heterocycles. The molecule has 0 aromatic carbocycles. The first kappa shape index (κ1) is 20.8. The highest BCUT2D eigenvalue weighted by molar-refractivity contribution is 7.17. The molecule has 7 heteroatoms. The van der Waals surface area contributed by atoms with Crippen LogP contribution < -0.4 is 5.32 Å². The normalized spacial score (nSPS) is 24.5. The van der Waals surface area contributed by atoms with Crippen LogP contribution in [0.3, 0.4) is 0 Å². The fourth-order valence-corrected chi connectivity index (χ4v) is 5.67. The van der Waals surface area contributed by atoms with Gasteiger partial charge in [0.2, 0.25) is 5.91 Å². The maximum Gasteiger partial charge on any atom is 0.341 e. The number of ether oxygens (including phenoxy) is 1. The van der Waals surface area contributed by atoms with E-state index >= 15 is 0 Å². The van der Waals surface area contributed by atoms with E-state index in [4.69, 9.17) is 4.74 Å². The van der Waals surface area contributed by atoms with Gasteiger partial charge in [-0.15, -0.1) is 11.3 Å². The maximum atomic E-state index is 12.9. The number of rotatable bonds is 5. The lowest BCUT2D eigenvalue weighted by Crippen LogP contribution is -2.36. The molecule has 1 saturated carbocycles. The lowest BCUT2D eigenvalue weighted by Gasteiger charge is -2.27. The molecule has 3 rings (SSSR count). The van der Waals surface area contributed by atoms with Crippen LogP contribution in [0.4, 0.5) is 5.00 Å². The molecule has 0 unspecified atom stereocenters. The van der Waals surface area contributed by atoms with E-state index in [0.717, 1.165) is 42.5 Å². The first-order valence-electron chi connectivity index (χ1n) is 10.2. The van der Waals surface area contributed by atoms with Crippen molar-refractivity contribution in [1.82, 2.24) is 0 Å². The Morgan fingerprint density at radius 1 is 1.14 bits per heavy atom. The molecular formula is C21H29NO5S. The Morgan fingerprint density at radius 3 is 2.46 bits per heavy atom. The number of amides is 1. The van der Waals surface area contributed by atoms with Crippen molar-refractivity contribution in [3.63, 3.8) is 0 Å². The number of esters is 1. The molecule has 1 amide bonds. The van der Waals surface area contributed by atoms with Crippen LogP contribution in [0.1, 0.15) is 73.7 Å². The van der Waals surface area contributed by atoms with Gasteiger partial charge in [-0.1, -0.05) is 19.8 Å². The summed E-state index contributed by atoms with van der Waals surface area (Å²) in [6, 6.07) is 0. The zero-order valence-corrected chi connectivity index (χ0v) is 17.6. The lowest BCUT2D eigenvalue weighted by molar-refractivity contribution is -0.147. The number of carbonyl (C=O) groups is 3. The molecule has 154 valence electrons. The summed E-state index contributed by atoms with van der Waals surface area (Å²) in [5.41, 5.74) is 1.46. The monoisotopic (exact) mass is 407 g/mol. The Morgan fingerprint density at radius 2 is 1.82 bits per heavy atom. The van der Waals surface area contributed by atoms with Crippen LogP contribution >= 0.6 is 11.3 Å². The molecule has 0 spiro atoms. The number of hydrogen-bond acceptors (Lipinski definition) is 5. The Labute approximate surface area is 169 Å². The minimum atomic E-state index is -0.918. The van der Waals surface area contributed by atoms with Crippen molar-refractivity contribution in [3.05, 3.63) is 16.0 Å². The molecule has 6 nitrogen and oxygen atoms in total. The van der Waals surface area contributed by atoms with Gasteiger partial charge in [-0.2, -0.15) is 0 Å². The standard InChI is InChI=1S/C21H29NO5S/c1-11(2)27-21(26)17-15-9-8-12(3)10-16(15)28-19(17)22-18(23)13-6-4-5-7-14(13)20(24)25/h11-14H,4-10H2,1-3H3,(H,22,23)(H,24,25)/t12-,13+,14-/m1/s1. The predicted molar refractivity (Wildman–Crippen MR) is 108 cm³/mol. The third-order valence-electron chi connectivity index (χ3n) is 5.72. The van der Waals surface area contributed by atoms with Gasteiger partial charge in [0.1, 0.15) is 5.00 Å². The van der Waals surface area contributed by atoms with Crippen molar-refractivity contribution in [3.8, 4) is 0 Å². The average Bonchev–Trinajstić information content (AvgIpc) is 2.97. The molecule has 3 atom stereocenters. The second-order valence-electron chi connectivity index (χ2n) is 8.33. The highest BCUT2D eigenvalue weighted by Gasteiger charge is 2.37. The number of anilines is 1. The first-order valence-corrected chi connectivity index (χ1v) is 11.0. The van der Waals surface area contributed by atoms with Gasteiger partial charge in [-0.05, 0) is 57.4 Å². The Balaban J connectivity index is 1.89. The van der Waals surface area contributed by atoms with E-state index in [1.807, 2.05) is 0 Å². The number of hydrogen-bond donors (Lipinski definition) is 2. The summed E-state index contributed by atoms with van der Waals surface area (Å²) < 4.78 is 5.44. The lowest BCUT2D eigenvalue weighted by atomic mass is 9.78. The van der Waals surface area contributed by atoms with E-state index in [9.17, 15) is 19.5 Å². The van der Waals surface area contributed by atoms with Crippen molar-refractivity contribution in [2.24, 2.45) is 17.8 Å². The van der Waals surface area contributed by atoms with E-state index in [1.165, 1.54) is 11.3 Å². The van der Waals surface area contributed by atoms with Crippen molar-refractivity contribution >= 4 is 34.2 Å². The molecule has 0 radical (unpaired) electrons. The van der Waals surface area contributed by atoms with Gasteiger partial charge in [0.25, 0.3) is 0 Å². The van der Waals surface area contributed by atoms with E-state index < -0.39 is 23.8 Å². The molecule has 2 N–H and O–H groups in total. The van der Waals surface area contributed by atoms with Crippen molar-refractivity contribution in [2.45, 2.75) is 71.8 Å². The molecule has 2 aliphatic rings. The van der Waals surface area contributed by atoms with Crippen molar-refractivity contribution < 1.29 is 24.2 Å². The van der Waals surface area contributed by atoms with Gasteiger partial charge in [0, 0.05) is 4.88 Å². The fourth-order valence-electron chi connectivity index (χ4n) is 4.27. The number of nitrogens with one attached hydrogen (secondary N) is 1. The van der Waals surface area contributed by atoms with Crippen LogP contribution in [-0.4, -0.2) is 29.1 Å². The average molecular weight is 408 g/mol. The summed E-state index contributed by atoms with van der Waals surface area (Å²) in [7, 11) is 0. The van der Waals surface area contributed by atoms with Gasteiger partial charge in [0.15, 0.2) is 0 Å². The summed E-state index contributed by atoms with van der Waals surface area (Å²) in [6.45, 7) is 5.79. The van der Waals surface area contributed by atoms with Gasteiger partial charge in [-0.25, -0.2) is 4.79 Å². The van der Waals surface area contributed by atoms with Crippen LogP contribution in [-0.2, 0) is 27.2 Å². The van der Waals surface area contributed by atoms with Gasteiger partial charge < -0.3 is 15.2 Å². The number of carboxylic acid groups (broad SMARTS) is 1.